The average molecular weight is 242 g/mol. The van der Waals surface area contributed by atoms with Crippen LogP contribution in [0.4, 0.5) is 0 Å². The molecule has 0 saturated heterocycles. The first-order valence-electron chi connectivity index (χ1n) is 5.21. The molecule has 0 radical (unpaired) electrons. The summed E-state index contributed by atoms with van der Waals surface area (Å²) in [5, 5.41) is 12.8. The van der Waals surface area contributed by atoms with E-state index in [-0.39, 0.29) is 23.3 Å². The molecule has 0 heterocycles. The van der Waals surface area contributed by atoms with Crippen LogP contribution >= 0.6 is 11.6 Å². The van der Waals surface area contributed by atoms with Crippen LogP contribution < -0.4 is 5.32 Å². The lowest BCUT2D eigenvalue weighted by Gasteiger charge is -2.17. The van der Waals surface area contributed by atoms with Gasteiger partial charge in [0.05, 0.1) is 5.56 Å². The maximum atomic E-state index is 11.8. The molecule has 1 aromatic carbocycles. The van der Waals surface area contributed by atoms with Crippen molar-refractivity contribution >= 4 is 17.5 Å². The van der Waals surface area contributed by atoms with Gasteiger partial charge >= 0.3 is 0 Å². The first-order valence-corrected chi connectivity index (χ1v) is 5.59. The summed E-state index contributed by atoms with van der Waals surface area (Å²) in [4.78, 5) is 11.8. The van der Waals surface area contributed by atoms with Crippen molar-refractivity contribution in [3.63, 3.8) is 0 Å². The lowest BCUT2D eigenvalue weighted by Crippen LogP contribution is -2.36. The number of amides is 1. The zero-order valence-electron chi connectivity index (χ0n) is 9.62. The molecular formula is C12H16ClNO2. The van der Waals surface area contributed by atoms with E-state index < -0.39 is 0 Å². The van der Waals surface area contributed by atoms with Gasteiger partial charge in [-0.3, -0.25) is 4.79 Å². The van der Waals surface area contributed by atoms with Gasteiger partial charge in [-0.2, -0.15) is 0 Å². The number of nitrogens with one attached hydrogen (secondary N) is 1. The summed E-state index contributed by atoms with van der Waals surface area (Å²) >= 11 is 5.77. The second-order valence-electron chi connectivity index (χ2n) is 4.17. The first-order chi connectivity index (χ1) is 7.41. The van der Waals surface area contributed by atoms with Gasteiger partial charge in [0, 0.05) is 11.1 Å². The van der Waals surface area contributed by atoms with Crippen molar-refractivity contribution in [2.45, 2.75) is 26.8 Å². The molecule has 0 fully saturated rings. The van der Waals surface area contributed by atoms with Gasteiger partial charge in [0.1, 0.15) is 5.75 Å². The van der Waals surface area contributed by atoms with Gasteiger partial charge < -0.3 is 10.4 Å². The Labute approximate surface area is 100 Å². The standard InChI is InChI=1S/C12H16ClNO2/c1-7(2)8(3)14-12(16)10-6-9(13)4-5-11(10)15/h4-8,15H,1-3H3,(H,14,16). The highest BCUT2D eigenvalue weighted by Gasteiger charge is 2.15. The number of rotatable bonds is 3. The van der Waals surface area contributed by atoms with Crippen LogP contribution in [0.3, 0.4) is 0 Å². The van der Waals surface area contributed by atoms with E-state index in [1.54, 1.807) is 6.07 Å². The van der Waals surface area contributed by atoms with Gasteiger partial charge in [-0.15, -0.1) is 0 Å². The number of aromatic hydroxyl groups is 1. The predicted molar refractivity (Wildman–Crippen MR) is 64.9 cm³/mol. The molecular weight excluding hydrogens is 226 g/mol. The fourth-order valence-corrected chi connectivity index (χ4v) is 1.31. The summed E-state index contributed by atoms with van der Waals surface area (Å²) in [5.74, 6) is -0.0238. The quantitative estimate of drug-likeness (QED) is 0.855. The molecule has 0 bridgehead atoms. The molecule has 0 aliphatic rings. The number of halogens is 1. The molecule has 1 unspecified atom stereocenters. The molecule has 0 saturated carbocycles. The topological polar surface area (TPSA) is 49.3 Å². The zero-order chi connectivity index (χ0) is 12.3. The highest BCUT2D eigenvalue weighted by Crippen LogP contribution is 2.21. The number of carbonyl (C=O) groups excluding carboxylic acids is 1. The van der Waals surface area contributed by atoms with Gasteiger partial charge in [-0.25, -0.2) is 0 Å². The molecule has 1 rings (SSSR count). The minimum absolute atomic E-state index is 0.0471. The minimum atomic E-state index is -0.304. The van der Waals surface area contributed by atoms with Crippen molar-refractivity contribution in [2.24, 2.45) is 5.92 Å². The van der Waals surface area contributed by atoms with Gasteiger partial charge in [0.2, 0.25) is 0 Å². The van der Waals surface area contributed by atoms with E-state index in [2.05, 4.69) is 5.32 Å². The highest BCUT2D eigenvalue weighted by molar-refractivity contribution is 6.31. The molecule has 1 atom stereocenters. The van der Waals surface area contributed by atoms with Crippen LogP contribution in [-0.4, -0.2) is 17.1 Å². The van der Waals surface area contributed by atoms with E-state index in [1.165, 1.54) is 12.1 Å². The molecule has 2 N–H and O–H groups in total. The highest BCUT2D eigenvalue weighted by atomic mass is 35.5. The van der Waals surface area contributed by atoms with Crippen molar-refractivity contribution in [2.75, 3.05) is 0 Å². The Kier molecular flexibility index (Phi) is 4.19. The summed E-state index contributed by atoms with van der Waals surface area (Å²) in [6.07, 6.45) is 0. The summed E-state index contributed by atoms with van der Waals surface area (Å²) in [6, 6.07) is 4.46. The normalized spacial score (nSPS) is 12.6. The Hall–Kier alpha value is -1.22. The third-order valence-electron chi connectivity index (χ3n) is 2.56. The second-order valence-corrected chi connectivity index (χ2v) is 4.60. The fourth-order valence-electron chi connectivity index (χ4n) is 1.14. The van der Waals surface area contributed by atoms with Crippen LogP contribution in [0.2, 0.25) is 5.02 Å². The third-order valence-corrected chi connectivity index (χ3v) is 2.80. The van der Waals surface area contributed by atoms with Crippen molar-refractivity contribution in [3.8, 4) is 5.75 Å². The van der Waals surface area contributed by atoms with Crippen LogP contribution in [0, 0.1) is 5.92 Å². The van der Waals surface area contributed by atoms with E-state index in [9.17, 15) is 9.90 Å². The molecule has 88 valence electrons. The Morgan fingerprint density at radius 1 is 1.38 bits per heavy atom. The lowest BCUT2D eigenvalue weighted by atomic mass is 10.1. The Morgan fingerprint density at radius 3 is 2.56 bits per heavy atom. The Bertz CT molecular complexity index is 391. The van der Waals surface area contributed by atoms with Crippen molar-refractivity contribution < 1.29 is 9.90 Å². The lowest BCUT2D eigenvalue weighted by molar-refractivity contribution is 0.0928. The maximum Gasteiger partial charge on any atom is 0.255 e. The first kappa shape index (κ1) is 12.8. The van der Waals surface area contributed by atoms with E-state index >= 15 is 0 Å². The van der Waals surface area contributed by atoms with Crippen LogP contribution in [0.5, 0.6) is 5.75 Å². The molecule has 3 nitrogen and oxygen atoms in total. The smallest absolute Gasteiger partial charge is 0.255 e. The molecule has 0 aromatic heterocycles. The van der Waals surface area contributed by atoms with Gasteiger partial charge in [-0.1, -0.05) is 25.4 Å². The average Bonchev–Trinajstić information content (AvgIpc) is 2.21. The van der Waals surface area contributed by atoms with Crippen LogP contribution in [0.25, 0.3) is 0 Å². The molecule has 1 amide bonds. The SMILES string of the molecule is CC(C)C(C)NC(=O)c1cc(Cl)ccc1O. The van der Waals surface area contributed by atoms with Crippen LogP contribution in [-0.2, 0) is 0 Å². The number of hydrogen-bond acceptors (Lipinski definition) is 2. The summed E-state index contributed by atoms with van der Waals surface area (Å²) in [7, 11) is 0. The van der Waals surface area contributed by atoms with Crippen LogP contribution in [0.1, 0.15) is 31.1 Å². The molecule has 16 heavy (non-hydrogen) atoms. The van der Waals surface area contributed by atoms with Crippen molar-refractivity contribution in [3.05, 3.63) is 28.8 Å². The van der Waals surface area contributed by atoms with Crippen molar-refractivity contribution in [1.29, 1.82) is 0 Å². The molecule has 0 spiro atoms. The Morgan fingerprint density at radius 2 is 2.00 bits per heavy atom. The van der Waals surface area contributed by atoms with E-state index in [0.29, 0.717) is 10.9 Å². The predicted octanol–water partition coefficient (Wildman–Crippen LogP) is 2.82. The third kappa shape index (κ3) is 3.14. The number of phenolic OH excluding ortho intramolecular Hbond substituents is 1. The molecule has 1 aromatic rings. The number of hydrogen-bond donors (Lipinski definition) is 2. The fraction of sp³-hybridized carbons (Fsp3) is 0.417. The van der Waals surface area contributed by atoms with Gasteiger partial charge in [0.15, 0.2) is 0 Å². The maximum absolute atomic E-state index is 11.8. The molecule has 4 heteroatoms. The monoisotopic (exact) mass is 241 g/mol. The zero-order valence-corrected chi connectivity index (χ0v) is 10.4. The summed E-state index contributed by atoms with van der Waals surface area (Å²) in [5.41, 5.74) is 0.208. The summed E-state index contributed by atoms with van der Waals surface area (Å²) in [6.45, 7) is 5.95. The largest absolute Gasteiger partial charge is 0.507 e. The van der Waals surface area contributed by atoms with Gasteiger partial charge in [0.25, 0.3) is 5.91 Å². The summed E-state index contributed by atoms with van der Waals surface area (Å²) < 4.78 is 0. The van der Waals surface area contributed by atoms with Crippen LogP contribution in [0.15, 0.2) is 18.2 Å². The van der Waals surface area contributed by atoms with Crippen molar-refractivity contribution in [1.82, 2.24) is 5.32 Å². The second kappa shape index (κ2) is 5.21. The molecule has 0 aliphatic heterocycles. The molecule has 0 aliphatic carbocycles. The van der Waals surface area contributed by atoms with E-state index in [0.717, 1.165) is 0 Å². The van der Waals surface area contributed by atoms with E-state index in [1.807, 2.05) is 20.8 Å². The Balaban J connectivity index is 2.84. The number of benzene rings is 1. The van der Waals surface area contributed by atoms with Gasteiger partial charge in [-0.05, 0) is 31.0 Å². The van der Waals surface area contributed by atoms with E-state index in [4.69, 9.17) is 11.6 Å². The number of phenols is 1. The minimum Gasteiger partial charge on any atom is -0.507 e. The number of carbonyl (C=O) groups is 1.